The number of carbonyl (C=O) groups is 2. The predicted molar refractivity (Wildman–Crippen MR) is 212 cm³/mol. The van der Waals surface area contributed by atoms with Gasteiger partial charge in [0.25, 0.3) is 0 Å². The summed E-state index contributed by atoms with van der Waals surface area (Å²) in [6, 6.07) is 3.28. The van der Waals surface area contributed by atoms with Crippen LogP contribution in [0.15, 0.2) is 27.9 Å². The Morgan fingerprint density at radius 1 is 0.737 bits per heavy atom. The van der Waals surface area contributed by atoms with Crippen LogP contribution in [0.4, 0.5) is 0 Å². The summed E-state index contributed by atoms with van der Waals surface area (Å²) in [5.74, 6) is 4.86. The molecule has 302 valence electrons. The first kappa shape index (κ1) is 44.3. The number of aryl methyl sites for hydroxylation is 1. The maximum atomic E-state index is 13.9. The molecule has 10 nitrogen and oxygen atoms in total. The SMILES string of the molecule is COc1cc(OC)c2c(c1Cl)O[C@@]1(CC3=C(C[C@H]1C)O[C-](C)C(C)(C)C3(C)C)C2=O.COc1cc(OC)c2c(c1Cl)O[C@@]1(Cc3c(oc(C)c3C)C[C@H]1C)C2=O.[Rb+]. The van der Waals surface area contributed by atoms with Crippen molar-refractivity contribution in [3.63, 3.8) is 0 Å². The van der Waals surface area contributed by atoms with Gasteiger partial charge in [-0.15, -0.1) is 11.5 Å². The first-order valence-electron chi connectivity index (χ1n) is 18.9. The molecule has 3 aromatic rings. The van der Waals surface area contributed by atoms with Crippen LogP contribution in [-0.2, 0) is 17.6 Å². The van der Waals surface area contributed by atoms with Gasteiger partial charge in [0.1, 0.15) is 55.7 Å². The molecule has 57 heavy (non-hydrogen) atoms. The number of allylic oxidation sites excluding steroid dienone is 1. The topological polar surface area (TPSA) is 112 Å². The Morgan fingerprint density at radius 2 is 1.19 bits per heavy atom. The summed E-state index contributed by atoms with van der Waals surface area (Å²) in [6.45, 7) is 18.9. The summed E-state index contributed by atoms with van der Waals surface area (Å²) in [6.07, 6.45) is 3.19. The molecule has 0 saturated carbocycles. The molecule has 2 aromatic carbocycles. The van der Waals surface area contributed by atoms with Gasteiger partial charge < -0.3 is 37.6 Å². The molecule has 2 aliphatic carbocycles. The van der Waals surface area contributed by atoms with Gasteiger partial charge in [0.15, 0.2) is 22.7 Å². The quantitative estimate of drug-likeness (QED) is 0.248. The Morgan fingerprint density at radius 3 is 1.67 bits per heavy atom. The molecule has 0 saturated heterocycles. The van der Waals surface area contributed by atoms with Crippen LogP contribution < -0.4 is 86.6 Å². The van der Waals surface area contributed by atoms with Crippen LogP contribution >= 0.6 is 23.2 Å². The zero-order valence-electron chi connectivity index (χ0n) is 35.5. The van der Waals surface area contributed by atoms with Gasteiger partial charge in [0, 0.05) is 55.2 Å². The van der Waals surface area contributed by atoms with Gasteiger partial charge in [-0.1, -0.05) is 64.7 Å². The van der Waals surface area contributed by atoms with Gasteiger partial charge in [-0.25, -0.2) is 0 Å². The Labute approximate surface area is 394 Å². The molecule has 0 amide bonds. The number of rotatable bonds is 4. The average molecular weight is 896 g/mol. The van der Waals surface area contributed by atoms with E-state index >= 15 is 0 Å². The van der Waals surface area contributed by atoms with E-state index in [2.05, 4.69) is 27.7 Å². The summed E-state index contributed by atoms with van der Waals surface area (Å²) >= 11 is 13.0. The molecular formula is C44H51Cl2O10Rb. The molecule has 8 rings (SSSR count). The summed E-state index contributed by atoms with van der Waals surface area (Å²) in [7, 11) is 6.11. The first-order valence-corrected chi connectivity index (χ1v) is 19.7. The minimum absolute atomic E-state index is 0. The number of benzene rings is 2. The molecule has 0 N–H and O–H groups in total. The van der Waals surface area contributed by atoms with Crippen LogP contribution in [0.25, 0.3) is 0 Å². The molecule has 2 spiro atoms. The van der Waals surface area contributed by atoms with Crippen LogP contribution in [0, 0.1) is 42.6 Å². The Bertz CT molecular complexity index is 2200. The number of furan rings is 1. The Hall–Kier alpha value is -2.21. The Kier molecular flexibility index (Phi) is 11.9. The van der Waals surface area contributed by atoms with Crippen LogP contribution in [-0.4, -0.2) is 51.2 Å². The third kappa shape index (κ3) is 6.34. The average Bonchev–Trinajstić information content (AvgIpc) is 3.73. The molecular weight excluding hydrogens is 845 g/mol. The maximum Gasteiger partial charge on any atom is 1.00 e. The fourth-order valence-electron chi connectivity index (χ4n) is 9.10. The number of ether oxygens (including phenoxy) is 7. The molecule has 4 atom stereocenters. The van der Waals surface area contributed by atoms with Crippen molar-refractivity contribution < 1.29 is 105 Å². The summed E-state index contributed by atoms with van der Waals surface area (Å²) < 4.78 is 46.6. The van der Waals surface area contributed by atoms with Gasteiger partial charge in [0.05, 0.1) is 34.2 Å². The number of halogens is 2. The van der Waals surface area contributed by atoms with E-state index in [1.165, 1.54) is 28.4 Å². The van der Waals surface area contributed by atoms with Crippen LogP contribution in [0.2, 0.25) is 10.0 Å². The number of hydrogen-bond donors (Lipinski definition) is 0. The number of carbonyl (C=O) groups excluding carboxylic acids is 2. The van der Waals surface area contributed by atoms with Crippen molar-refractivity contribution in [1.29, 1.82) is 0 Å². The molecule has 1 aromatic heterocycles. The van der Waals surface area contributed by atoms with Gasteiger partial charge in [0.2, 0.25) is 11.6 Å². The minimum atomic E-state index is -1.04. The largest absolute Gasteiger partial charge is 1.00 e. The second-order valence-corrected chi connectivity index (χ2v) is 17.6. The van der Waals surface area contributed by atoms with Gasteiger partial charge >= 0.3 is 58.2 Å². The van der Waals surface area contributed by atoms with Crippen molar-refractivity contribution in [2.24, 2.45) is 22.7 Å². The number of ketones is 2. The molecule has 0 fully saturated rings. The second-order valence-electron chi connectivity index (χ2n) is 16.8. The molecule has 5 aliphatic rings. The molecule has 0 bridgehead atoms. The van der Waals surface area contributed by atoms with Crippen LogP contribution in [0.1, 0.15) is 105 Å². The molecule has 0 unspecified atom stereocenters. The number of fused-ring (bicyclic) bond motifs is 3. The van der Waals surface area contributed by atoms with Gasteiger partial charge in [-0.05, 0) is 30.4 Å². The monoisotopic (exact) mass is 894 g/mol. The molecule has 13 heteroatoms. The summed E-state index contributed by atoms with van der Waals surface area (Å²) in [5, 5.41) is 0.598. The van der Waals surface area contributed by atoms with Crippen molar-refractivity contribution in [3.05, 3.63) is 73.4 Å². The van der Waals surface area contributed by atoms with Crippen molar-refractivity contribution in [2.75, 3.05) is 28.4 Å². The molecule has 4 heterocycles. The van der Waals surface area contributed by atoms with Gasteiger partial charge in [-0.2, -0.15) is 6.92 Å². The fraction of sp³-hybridized carbons (Fsp3) is 0.523. The van der Waals surface area contributed by atoms with E-state index in [1.54, 1.807) is 12.1 Å². The molecule has 0 radical (unpaired) electrons. The second kappa shape index (κ2) is 15.4. The van der Waals surface area contributed by atoms with E-state index in [0.29, 0.717) is 81.4 Å². The van der Waals surface area contributed by atoms with Crippen molar-refractivity contribution >= 4 is 34.8 Å². The third-order valence-electron chi connectivity index (χ3n) is 13.8. The number of hydrogen-bond acceptors (Lipinski definition) is 10. The zero-order chi connectivity index (χ0) is 41.0. The van der Waals surface area contributed by atoms with E-state index in [9.17, 15) is 9.59 Å². The normalized spacial score (nSPS) is 26.2. The van der Waals surface area contributed by atoms with Crippen molar-refractivity contribution in [2.45, 2.75) is 99.2 Å². The number of methoxy groups -OCH3 is 4. The zero-order valence-corrected chi connectivity index (χ0v) is 41.9. The predicted octanol–water partition coefficient (Wildman–Crippen LogP) is 7.31. The van der Waals surface area contributed by atoms with E-state index in [-0.39, 0.29) is 92.4 Å². The molecule has 3 aliphatic heterocycles. The third-order valence-corrected chi connectivity index (χ3v) is 14.5. The van der Waals surface area contributed by atoms with Crippen LogP contribution in [0.5, 0.6) is 34.5 Å². The number of Topliss-reactive ketones (excluding diaryl/α,β-unsaturated/α-hetero) is 2. The van der Waals surface area contributed by atoms with E-state index in [1.807, 2.05) is 34.6 Å². The summed E-state index contributed by atoms with van der Waals surface area (Å²) in [5.41, 5.74) is 1.66. The van der Waals surface area contributed by atoms with Crippen molar-refractivity contribution in [3.8, 4) is 34.5 Å². The van der Waals surface area contributed by atoms with Crippen molar-refractivity contribution in [1.82, 2.24) is 0 Å². The Balaban J connectivity index is 0.000000191. The van der Waals surface area contributed by atoms with E-state index in [0.717, 1.165) is 40.1 Å². The standard InChI is InChI=1S/C24H30ClO5.C20H21ClO5.Rb/c1-12-9-15-14(23(5,6)22(3,4)13(2)29-15)11-24(12)21(26)18-16(27-7)10-17(28-8)19(25)20(18)30-24;1-9-6-13-12(10(2)11(3)25-13)8-20(9)19(22)16-14(23-4)7-15(24-5)17(21)18(16)26-20;/h10,12H,9,11H2,1-8H3;7,9H,6,8H2,1-5H3;/q-1;;+1/t12-,24-;9-,20-;/m11./s1. The first-order chi connectivity index (χ1) is 26.3. The van der Waals surface area contributed by atoms with Gasteiger partial charge in [-0.3, -0.25) is 9.59 Å². The minimum Gasteiger partial charge on any atom is -0.662 e. The maximum absolute atomic E-state index is 13.9. The van der Waals surface area contributed by atoms with E-state index in [4.69, 9.17) is 60.8 Å². The fourth-order valence-corrected chi connectivity index (χ4v) is 9.63. The smallest absolute Gasteiger partial charge is 0.662 e. The van der Waals surface area contributed by atoms with Crippen LogP contribution in [0.3, 0.4) is 0 Å². The summed E-state index contributed by atoms with van der Waals surface area (Å²) in [4.78, 5) is 27.4. The van der Waals surface area contributed by atoms with E-state index < -0.39 is 11.2 Å².